The van der Waals surface area contributed by atoms with Crippen molar-refractivity contribution in [1.29, 1.82) is 0 Å². The van der Waals surface area contributed by atoms with Crippen LogP contribution in [0.2, 0.25) is 5.02 Å². The predicted molar refractivity (Wildman–Crippen MR) is 116 cm³/mol. The molecular weight excluding hydrogens is 406 g/mol. The molecular formula is C21H14ClN5OS. The SMILES string of the molecule is Oc1c(/C=N/c2nnc(-c3ccccc3)s2)cccc1N=Nc1ccc(Cl)cc1. The molecule has 0 aliphatic heterocycles. The van der Waals surface area contributed by atoms with Gasteiger partial charge in [0.05, 0.1) is 5.69 Å². The van der Waals surface area contributed by atoms with Crippen molar-refractivity contribution in [3.05, 3.63) is 83.4 Å². The number of rotatable bonds is 5. The molecule has 0 atom stereocenters. The lowest BCUT2D eigenvalue weighted by molar-refractivity contribution is 0.475. The molecule has 0 aliphatic carbocycles. The van der Waals surface area contributed by atoms with Gasteiger partial charge in [0.1, 0.15) is 10.7 Å². The van der Waals surface area contributed by atoms with E-state index in [-0.39, 0.29) is 5.75 Å². The second-order valence-corrected chi connectivity index (χ2v) is 7.30. The monoisotopic (exact) mass is 419 g/mol. The van der Waals surface area contributed by atoms with Gasteiger partial charge in [0.25, 0.3) is 0 Å². The topological polar surface area (TPSA) is 83.1 Å². The van der Waals surface area contributed by atoms with Gasteiger partial charge in [0.2, 0.25) is 5.13 Å². The summed E-state index contributed by atoms with van der Waals surface area (Å²) in [6.07, 6.45) is 1.53. The fourth-order valence-corrected chi connectivity index (χ4v) is 3.26. The van der Waals surface area contributed by atoms with E-state index in [0.29, 0.717) is 27.1 Å². The number of hydrogen-bond donors (Lipinski definition) is 1. The molecule has 1 aromatic heterocycles. The Labute approximate surface area is 175 Å². The van der Waals surface area contributed by atoms with E-state index in [1.54, 1.807) is 42.5 Å². The van der Waals surface area contributed by atoms with E-state index in [0.717, 1.165) is 10.6 Å². The molecule has 6 nitrogen and oxygen atoms in total. The lowest BCUT2D eigenvalue weighted by Gasteiger charge is -2.01. The first-order chi connectivity index (χ1) is 14.2. The van der Waals surface area contributed by atoms with Crippen molar-refractivity contribution in [2.45, 2.75) is 0 Å². The number of hydrogen-bond acceptors (Lipinski definition) is 7. The van der Waals surface area contributed by atoms with Crippen LogP contribution in [0.15, 0.2) is 88.0 Å². The quantitative estimate of drug-likeness (QED) is 0.287. The number of azo groups is 1. The van der Waals surface area contributed by atoms with Gasteiger partial charge in [-0.15, -0.1) is 15.3 Å². The Kier molecular flexibility index (Phi) is 5.69. The highest BCUT2D eigenvalue weighted by atomic mass is 35.5. The van der Waals surface area contributed by atoms with Gasteiger partial charge in [-0.2, -0.15) is 5.11 Å². The van der Waals surface area contributed by atoms with Crippen LogP contribution >= 0.6 is 22.9 Å². The normalized spacial score (nSPS) is 11.5. The van der Waals surface area contributed by atoms with E-state index in [4.69, 9.17) is 11.6 Å². The third kappa shape index (κ3) is 4.71. The van der Waals surface area contributed by atoms with Gasteiger partial charge in [-0.25, -0.2) is 4.99 Å². The fraction of sp³-hybridized carbons (Fsp3) is 0. The molecule has 0 amide bonds. The molecule has 0 radical (unpaired) electrons. The van der Waals surface area contributed by atoms with Gasteiger partial charge >= 0.3 is 0 Å². The number of benzene rings is 3. The number of phenolic OH excluding ortho intramolecular Hbond substituents is 1. The Hall–Kier alpha value is -3.42. The largest absolute Gasteiger partial charge is 0.505 e. The average Bonchev–Trinajstić information content (AvgIpc) is 3.23. The van der Waals surface area contributed by atoms with Crippen molar-refractivity contribution in [3.63, 3.8) is 0 Å². The first-order valence-corrected chi connectivity index (χ1v) is 9.81. The Balaban J connectivity index is 1.53. The maximum absolute atomic E-state index is 10.5. The van der Waals surface area contributed by atoms with E-state index in [2.05, 4.69) is 25.4 Å². The Bertz CT molecular complexity index is 1170. The lowest BCUT2D eigenvalue weighted by atomic mass is 10.2. The van der Waals surface area contributed by atoms with E-state index in [9.17, 15) is 5.11 Å². The molecule has 0 bridgehead atoms. The highest BCUT2D eigenvalue weighted by Gasteiger charge is 2.07. The van der Waals surface area contributed by atoms with Crippen LogP contribution in [0.4, 0.5) is 16.5 Å². The maximum Gasteiger partial charge on any atom is 0.231 e. The zero-order valence-electron chi connectivity index (χ0n) is 15.0. The molecule has 142 valence electrons. The molecule has 0 fully saturated rings. The van der Waals surface area contributed by atoms with E-state index >= 15 is 0 Å². The summed E-state index contributed by atoms with van der Waals surface area (Å²) in [5, 5.41) is 28.8. The van der Waals surface area contributed by atoms with Gasteiger partial charge in [-0.3, -0.25) is 0 Å². The summed E-state index contributed by atoms with van der Waals surface area (Å²) < 4.78 is 0. The van der Waals surface area contributed by atoms with Gasteiger partial charge in [0.15, 0.2) is 5.75 Å². The maximum atomic E-state index is 10.5. The van der Waals surface area contributed by atoms with E-state index < -0.39 is 0 Å². The van der Waals surface area contributed by atoms with Crippen molar-refractivity contribution < 1.29 is 5.11 Å². The number of aliphatic imine (C=N–C) groups is 1. The van der Waals surface area contributed by atoms with Crippen molar-refractivity contribution in [1.82, 2.24) is 10.2 Å². The molecule has 3 aromatic carbocycles. The Morgan fingerprint density at radius 2 is 1.66 bits per heavy atom. The summed E-state index contributed by atoms with van der Waals surface area (Å²) >= 11 is 7.23. The van der Waals surface area contributed by atoms with Gasteiger partial charge < -0.3 is 5.11 Å². The van der Waals surface area contributed by atoms with Crippen LogP contribution in [0, 0.1) is 0 Å². The molecule has 1 N–H and O–H groups in total. The highest BCUT2D eigenvalue weighted by Crippen LogP contribution is 2.32. The molecule has 1 heterocycles. The number of phenols is 1. The van der Waals surface area contributed by atoms with Gasteiger partial charge in [-0.05, 0) is 36.4 Å². The number of aromatic hydroxyl groups is 1. The van der Waals surface area contributed by atoms with Crippen molar-refractivity contribution in [2.75, 3.05) is 0 Å². The first-order valence-electron chi connectivity index (χ1n) is 8.61. The summed E-state index contributed by atoms with van der Waals surface area (Å²) in [7, 11) is 0. The Morgan fingerprint density at radius 3 is 2.45 bits per heavy atom. The summed E-state index contributed by atoms with van der Waals surface area (Å²) in [4.78, 5) is 4.33. The molecule has 29 heavy (non-hydrogen) atoms. The number of halogens is 1. The van der Waals surface area contributed by atoms with Crippen molar-refractivity contribution in [3.8, 4) is 16.3 Å². The zero-order chi connectivity index (χ0) is 20.1. The fourth-order valence-electron chi connectivity index (χ4n) is 2.44. The van der Waals surface area contributed by atoms with E-state index in [1.807, 2.05) is 30.3 Å². The standard InChI is InChI=1S/C21H14ClN5OS/c22-16-9-11-17(12-10-16)24-25-18-8-4-7-15(19(18)28)13-23-21-27-26-20(29-21)14-5-2-1-3-6-14/h1-13,28H/b23-13+,25-24?. The molecule has 4 aromatic rings. The number of nitrogens with zero attached hydrogens (tertiary/aromatic N) is 5. The number of para-hydroxylation sites is 1. The summed E-state index contributed by atoms with van der Waals surface area (Å²) in [5.41, 5.74) is 2.47. The summed E-state index contributed by atoms with van der Waals surface area (Å²) in [5.74, 6) is -0.0123. The van der Waals surface area contributed by atoms with Crippen LogP contribution in [0.25, 0.3) is 10.6 Å². The average molecular weight is 420 g/mol. The van der Waals surface area contributed by atoms with Crippen LogP contribution in [0.3, 0.4) is 0 Å². The summed E-state index contributed by atoms with van der Waals surface area (Å²) in [6.45, 7) is 0. The molecule has 0 saturated heterocycles. The van der Waals surface area contributed by atoms with Gasteiger partial charge in [0, 0.05) is 22.4 Å². The summed E-state index contributed by atoms with van der Waals surface area (Å²) in [6, 6.07) is 21.9. The third-order valence-electron chi connectivity index (χ3n) is 3.89. The van der Waals surface area contributed by atoms with Crippen LogP contribution in [0.1, 0.15) is 5.56 Å². The highest BCUT2D eigenvalue weighted by molar-refractivity contribution is 7.18. The van der Waals surface area contributed by atoms with Crippen LogP contribution < -0.4 is 0 Å². The molecule has 0 spiro atoms. The zero-order valence-corrected chi connectivity index (χ0v) is 16.5. The minimum Gasteiger partial charge on any atom is -0.505 e. The third-order valence-corrected chi connectivity index (χ3v) is 5.03. The predicted octanol–water partition coefficient (Wildman–Crippen LogP) is 6.73. The minimum absolute atomic E-state index is 0.0123. The van der Waals surface area contributed by atoms with Crippen molar-refractivity contribution in [2.24, 2.45) is 15.2 Å². The first kappa shape index (κ1) is 18.9. The van der Waals surface area contributed by atoms with Crippen molar-refractivity contribution >= 4 is 45.7 Å². The number of aromatic nitrogens is 2. The molecule has 0 saturated carbocycles. The van der Waals surface area contributed by atoms with Gasteiger partial charge in [-0.1, -0.05) is 59.3 Å². The second-order valence-electron chi connectivity index (χ2n) is 5.91. The molecule has 0 unspecified atom stereocenters. The Morgan fingerprint density at radius 1 is 0.862 bits per heavy atom. The van der Waals surface area contributed by atoms with Crippen LogP contribution in [-0.2, 0) is 0 Å². The van der Waals surface area contributed by atoms with Crippen LogP contribution in [-0.4, -0.2) is 21.5 Å². The minimum atomic E-state index is -0.0123. The lowest BCUT2D eigenvalue weighted by Crippen LogP contribution is -1.82. The molecule has 0 aliphatic rings. The van der Waals surface area contributed by atoms with Crippen LogP contribution in [0.5, 0.6) is 5.75 Å². The molecule has 4 rings (SSSR count). The second kappa shape index (κ2) is 8.72. The molecule has 8 heteroatoms. The van der Waals surface area contributed by atoms with E-state index in [1.165, 1.54) is 17.6 Å². The smallest absolute Gasteiger partial charge is 0.231 e.